The Bertz CT molecular complexity index is 489. The van der Waals surface area contributed by atoms with E-state index in [2.05, 4.69) is 20.8 Å². The van der Waals surface area contributed by atoms with Gasteiger partial charge in [0.2, 0.25) is 0 Å². The highest BCUT2D eigenvalue weighted by molar-refractivity contribution is 7.91. The number of aromatic nitrogens is 2. The first-order valence-corrected chi connectivity index (χ1v) is 7.39. The highest BCUT2D eigenvalue weighted by Gasteiger charge is 2.23. The lowest BCUT2D eigenvalue weighted by molar-refractivity contribution is 0.478. The largest absolute Gasteiger partial charge is 0.383 e. The molecule has 0 spiro atoms. The lowest BCUT2D eigenvalue weighted by Crippen LogP contribution is -2.38. The molecule has 1 atom stereocenters. The second kappa shape index (κ2) is 4.53. The van der Waals surface area contributed by atoms with Crippen LogP contribution < -0.4 is 16.4 Å². The number of nitrogens with one attached hydrogen (secondary N) is 3. The van der Waals surface area contributed by atoms with Crippen LogP contribution in [0.4, 0.5) is 11.6 Å². The number of nitrogens with zero attached hydrogens (tertiary/aromatic N) is 1. The Hall–Kier alpha value is -1.28. The van der Waals surface area contributed by atoms with Gasteiger partial charge in [0.1, 0.15) is 5.82 Å². The molecular weight excluding hydrogens is 242 g/mol. The van der Waals surface area contributed by atoms with Gasteiger partial charge < -0.3 is 16.4 Å². The maximum absolute atomic E-state index is 11.6. The Morgan fingerprint density at radius 1 is 1.53 bits per heavy atom. The molecule has 1 fully saturated rings. The third kappa shape index (κ3) is 2.70. The Morgan fingerprint density at radius 2 is 2.29 bits per heavy atom. The molecule has 8 heteroatoms. The summed E-state index contributed by atoms with van der Waals surface area (Å²) in [6.07, 6.45) is 3.17. The molecule has 1 aliphatic heterocycles. The number of piperidine rings is 1. The van der Waals surface area contributed by atoms with Crippen molar-refractivity contribution in [1.29, 1.82) is 0 Å². The van der Waals surface area contributed by atoms with Crippen LogP contribution in [-0.2, 0) is 9.84 Å². The van der Waals surface area contributed by atoms with Gasteiger partial charge in [0.15, 0.2) is 20.6 Å². The third-order valence-corrected chi connectivity index (χ3v) is 3.91. The summed E-state index contributed by atoms with van der Waals surface area (Å²) in [6.45, 7) is 1.80. The molecule has 0 bridgehead atoms. The molecular formula is C9H17N5O2S. The number of anilines is 2. The second-order valence-corrected chi connectivity index (χ2v) is 6.23. The second-order valence-electron chi connectivity index (χ2n) is 4.27. The zero-order valence-corrected chi connectivity index (χ0v) is 10.5. The number of aromatic amines is 1. The van der Waals surface area contributed by atoms with Crippen LogP contribution in [0.3, 0.4) is 0 Å². The molecule has 0 aliphatic carbocycles. The van der Waals surface area contributed by atoms with Crippen LogP contribution in [0.25, 0.3) is 0 Å². The number of hydrogen-bond acceptors (Lipinski definition) is 6. The topological polar surface area (TPSA) is 113 Å². The Labute approximate surface area is 100 Å². The van der Waals surface area contributed by atoms with E-state index in [1.807, 2.05) is 0 Å². The third-order valence-electron chi connectivity index (χ3n) is 2.76. The minimum absolute atomic E-state index is 0.0584. The SMILES string of the molecule is CS(=O)(=O)c1c(NC2CCCNC2)n[nH]c1N. The van der Waals surface area contributed by atoms with Gasteiger partial charge in [-0.1, -0.05) is 0 Å². The van der Waals surface area contributed by atoms with Crippen molar-refractivity contribution in [2.24, 2.45) is 0 Å². The lowest BCUT2D eigenvalue weighted by atomic mass is 10.1. The zero-order chi connectivity index (χ0) is 12.5. The highest BCUT2D eigenvalue weighted by Crippen LogP contribution is 2.25. The smallest absolute Gasteiger partial charge is 0.182 e. The van der Waals surface area contributed by atoms with Crippen molar-refractivity contribution in [1.82, 2.24) is 15.5 Å². The number of H-pyrrole nitrogens is 1. The normalized spacial score (nSPS) is 21.4. The lowest BCUT2D eigenvalue weighted by Gasteiger charge is -2.23. The van der Waals surface area contributed by atoms with Crippen LogP contribution in [0.2, 0.25) is 0 Å². The molecule has 1 saturated heterocycles. The fourth-order valence-electron chi connectivity index (χ4n) is 1.99. The van der Waals surface area contributed by atoms with E-state index in [4.69, 9.17) is 5.73 Å². The van der Waals surface area contributed by atoms with Crippen LogP contribution in [0.5, 0.6) is 0 Å². The predicted octanol–water partition coefficient (Wildman–Crippen LogP) is -0.441. The van der Waals surface area contributed by atoms with Crippen molar-refractivity contribution in [3.05, 3.63) is 0 Å². The molecule has 7 nitrogen and oxygen atoms in total. The van der Waals surface area contributed by atoms with Crippen LogP contribution in [0.1, 0.15) is 12.8 Å². The summed E-state index contributed by atoms with van der Waals surface area (Å²) < 4.78 is 23.2. The van der Waals surface area contributed by atoms with Gasteiger partial charge in [-0.3, -0.25) is 5.10 Å². The number of hydrogen-bond donors (Lipinski definition) is 4. The summed E-state index contributed by atoms with van der Waals surface area (Å²) >= 11 is 0. The molecule has 5 N–H and O–H groups in total. The number of nitrogen functional groups attached to an aromatic ring is 1. The fourth-order valence-corrected chi connectivity index (χ4v) is 2.89. The molecule has 17 heavy (non-hydrogen) atoms. The van der Waals surface area contributed by atoms with Gasteiger partial charge in [-0.05, 0) is 19.4 Å². The van der Waals surface area contributed by atoms with Gasteiger partial charge in [-0.25, -0.2) is 8.42 Å². The zero-order valence-electron chi connectivity index (χ0n) is 9.66. The molecule has 96 valence electrons. The standard InChI is InChI=1S/C9H17N5O2S/c1-17(15,16)7-8(10)13-14-9(7)12-6-3-2-4-11-5-6/h6,11H,2-5H2,1H3,(H4,10,12,13,14). The van der Waals surface area contributed by atoms with Gasteiger partial charge in [-0.2, -0.15) is 5.10 Å². The number of sulfone groups is 1. The van der Waals surface area contributed by atoms with E-state index < -0.39 is 9.84 Å². The first-order valence-electron chi connectivity index (χ1n) is 5.49. The molecule has 1 aliphatic rings. The van der Waals surface area contributed by atoms with Crippen molar-refractivity contribution in [3.63, 3.8) is 0 Å². The molecule has 1 aromatic rings. The Kier molecular flexibility index (Phi) is 3.25. The maximum Gasteiger partial charge on any atom is 0.182 e. The first-order chi connectivity index (χ1) is 7.98. The molecule has 0 amide bonds. The highest BCUT2D eigenvalue weighted by atomic mass is 32.2. The van der Waals surface area contributed by atoms with E-state index in [-0.39, 0.29) is 16.8 Å². The summed E-state index contributed by atoms with van der Waals surface area (Å²) in [5, 5.41) is 12.8. The van der Waals surface area contributed by atoms with Gasteiger partial charge in [0.25, 0.3) is 0 Å². The molecule has 1 aromatic heterocycles. The summed E-state index contributed by atoms with van der Waals surface area (Å²) in [5.41, 5.74) is 5.58. The molecule has 1 unspecified atom stereocenters. The minimum atomic E-state index is -3.37. The van der Waals surface area contributed by atoms with Crippen LogP contribution in [0, 0.1) is 0 Å². The number of rotatable bonds is 3. The van der Waals surface area contributed by atoms with Crippen molar-refractivity contribution >= 4 is 21.5 Å². The molecule has 2 heterocycles. The van der Waals surface area contributed by atoms with Crippen molar-refractivity contribution in [2.45, 2.75) is 23.8 Å². The van der Waals surface area contributed by atoms with E-state index in [9.17, 15) is 8.42 Å². The average Bonchev–Trinajstić information content (AvgIpc) is 2.60. The van der Waals surface area contributed by atoms with Crippen molar-refractivity contribution in [3.8, 4) is 0 Å². The Morgan fingerprint density at radius 3 is 2.88 bits per heavy atom. The van der Waals surface area contributed by atoms with Gasteiger partial charge in [0.05, 0.1) is 0 Å². The molecule has 2 rings (SSSR count). The van der Waals surface area contributed by atoms with Crippen molar-refractivity contribution in [2.75, 3.05) is 30.4 Å². The van der Waals surface area contributed by atoms with Crippen LogP contribution in [0.15, 0.2) is 4.90 Å². The van der Waals surface area contributed by atoms with Crippen LogP contribution >= 0.6 is 0 Å². The van der Waals surface area contributed by atoms with Crippen LogP contribution in [-0.4, -0.2) is 44.0 Å². The first kappa shape index (κ1) is 12.2. The Balaban J connectivity index is 2.21. The molecule has 0 saturated carbocycles. The number of nitrogens with two attached hydrogens (primary N) is 1. The monoisotopic (exact) mass is 259 g/mol. The minimum Gasteiger partial charge on any atom is -0.383 e. The summed E-state index contributed by atoms with van der Waals surface area (Å²) in [4.78, 5) is 0.0584. The van der Waals surface area contributed by atoms with E-state index in [0.717, 1.165) is 32.2 Å². The quantitative estimate of drug-likeness (QED) is 0.585. The summed E-state index contributed by atoms with van der Waals surface area (Å²) in [7, 11) is -3.37. The average molecular weight is 259 g/mol. The van der Waals surface area contributed by atoms with Crippen molar-refractivity contribution < 1.29 is 8.42 Å². The van der Waals surface area contributed by atoms with E-state index in [1.54, 1.807) is 0 Å². The van der Waals surface area contributed by atoms with Gasteiger partial charge >= 0.3 is 0 Å². The van der Waals surface area contributed by atoms with E-state index in [1.165, 1.54) is 0 Å². The maximum atomic E-state index is 11.6. The fraction of sp³-hybridized carbons (Fsp3) is 0.667. The van der Waals surface area contributed by atoms with E-state index >= 15 is 0 Å². The van der Waals surface area contributed by atoms with Gasteiger partial charge in [0, 0.05) is 18.8 Å². The molecule has 0 radical (unpaired) electrons. The predicted molar refractivity (Wildman–Crippen MR) is 65.6 cm³/mol. The molecule has 0 aromatic carbocycles. The van der Waals surface area contributed by atoms with Gasteiger partial charge in [-0.15, -0.1) is 0 Å². The summed E-state index contributed by atoms with van der Waals surface area (Å²) in [5.74, 6) is 0.400. The van der Waals surface area contributed by atoms with E-state index in [0.29, 0.717) is 5.82 Å². The summed E-state index contributed by atoms with van der Waals surface area (Å²) in [6, 6.07) is 0.187.